The summed E-state index contributed by atoms with van der Waals surface area (Å²) in [6.45, 7) is 8.41. The van der Waals surface area contributed by atoms with Crippen molar-refractivity contribution in [3.63, 3.8) is 0 Å². The van der Waals surface area contributed by atoms with Crippen molar-refractivity contribution >= 4 is 5.91 Å². The Morgan fingerprint density at radius 3 is 2.60 bits per heavy atom. The van der Waals surface area contributed by atoms with Gasteiger partial charge < -0.3 is 9.80 Å². The van der Waals surface area contributed by atoms with Gasteiger partial charge >= 0.3 is 0 Å². The molecule has 1 aliphatic heterocycles. The van der Waals surface area contributed by atoms with Gasteiger partial charge in [0.05, 0.1) is 11.7 Å². The molecule has 1 spiro atoms. The summed E-state index contributed by atoms with van der Waals surface area (Å²) in [4.78, 5) is 17.3. The molecule has 1 unspecified atom stereocenters. The number of amides is 1. The molecule has 0 bridgehead atoms. The second-order valence-electron chi connectivity index (χ2n) is 6.81. The molecule has 0 radical (unpaired) electrons. The molecule has 1 aliphatic carbocycles. The summed E-state index contributed by atoms with van der Waals surface area (Å²) < 4.78 is 0. The van der Waals surface area contributed by atoms with Gasteiger partial charge in [-0.3, -0.25) is 10.1 Å². The summed E-state index contributed by atoms with van der Waals surface area (Å²) in [7, 11) is 2.14. The Hall–Kier alpha value is -0.610. The lowest BCUT2D eigenvalue weighted by Crippen LogP contribution is -2.45. The van der Waals surface area contributed by atoms with E-state index in [-0.39, 0.29) is 11.7 Å². The lowest BCUT2D eigenvalue weighted by atomic mass is 9.98. The van der Waals surface area contributed by atoms with E-state index < -0.39 is 0 Å². The lowest BCUT2D eigenvalue weighted by molar-refractivity contribution is -0.133. The minimum Gasteiger partial charge on any atom is -0.324 e. The Morgan fingerprint density at radius 2 is 2.05 bits per heavy atom. The first-order valence-corrected chi connectivity index (χ1v) is 8.29. The topological polar surface area (TPSA) is 35.6 Å². The standard InChI is InChI=1S/C16H31N3O/c1-5-8-14-17-16(9-6-7-10-16)15(20)19(14)12-11-18(4)13(2)3/h13-14,17H,5-12H2,1-4H3. The normalized spacial score (nSPS) is 25.6. The number of carbonyl (C=O) groups excluding carboxylic acids is 1. The number of rotatable bonds is 6. The van der Waals surface area contributed by atoms with Crippen molar-refractivity contribution in [1.29, 1.82) is 0 Å². The van der Waals surface area contributed by atoms with E-state index in [0.29, 0.717) is 11.9 Å². The van der Waals surface area contributed by atoms with E-state index in [2.05, 4.69) is 42.9 Å². The van der Waals surface area contributed by atoms with Gasteiger partial charge in [0.15, 0.2) is 0 Å². The van der Waals surface area contributed by atoms with E-state index in [1.54, 1.807) is 0 Å². The first kappa shape index (κ1) is 15.8. The summed E-state index contributed by atoms with van der Waals surface area (Å²) in [5, 5.41) is 3.68. The average molecular weight is 281 g/mol. The molecule has 0 aromatic rings. The van der Waals surface area contributed by atoms with Gasteiger partial charge in [-0.2, -0.15) is 0 Å². The average Bonchev–Trinajstić information content (AvgIpc) is 2.96. The number of carbonyl (C=O) groups is 1. The fraction of sp³-hybridized carbons (Fsp3) is 0.938. The smallest absolute Gasteiger partial charge is 0.244 e. The minimum absolute atomic E-state index is 0.212. The quantitative estimate of drug-likeness (QED) is 0.811. The fourth-order valence-corrected chi connectivity index (χ4v) is 3.49. The molecule has 0 aromatic carbocycles. The fourth-order valence-electron chi connectivity index (χ4n) is 3.49. The zero-order valence-corrected chi connectivity index (χ0v) is 13.6. The number of hydrogen-bond donors (Lipinski definition) is 1. The van der Waals surface area contributed by atoms with Crippen LogP contribution in [0, 0.1) is 0 Å². The second-order valence-corrected chi connectivity index (χ2v) is 6.81. The Kier molecular flexibility index (Phi) is 5.08. The maximum absolute atomic E-state index is 12.8. The number of likely N-dealkylation sites (N-methyl/N-ethyl adjacent to an activating group) is 1. The van der Waals surface area contributed by atoms with Crippen molar-refractivity contribution in [2.45, 2.75) is 77.0 Å². The van der Waals surface area contributed by atoms with Crippen molar-refractivity contribution in [3.8, 4) is 0 Å². The zero-order chi connectivity index (χ0) is 14.8. The Bertz CT molecular complexity index is 337. The monoisotopic (exact) mass is 281 g/mol. The van der Waals surface area contributed by atoms with Crippen molar-refractivity contribution in [1.82, 2.24) is 15.1 Å². The summed E-state index contributed by atoms with van der Waals surface area (Å²) in [6.07, 6.45) is 6.89. The Morgan fingerprint density at radius 1 is 1.40 bits per heavy atom. The molecular weight excluding hydrogens is 250 g/mol. The zero-order valence-electron chi connectivity index (χ0n) is 13.6. The highest BCUT2D eigenvalue weighted by Gasteiger charge is 2.51. The number of nitrogens with zero attached hydrogens (tertiary/aromatic N) is 2. The molecule has 2 rings (SSSR count). The van der Waals surface area contributed by atoms with Crippen LogP contribution in [0.3, 0.4) is 0 Å². The summed E-state index contributed by atoms with van der Waals surface area (Å²) in [5.41, 5.74) is -0.212. The third-order valence-electron chi connectivity index (χ3n) is 5.08. The van der Waals surface area contributed by atoms with E-state index in [4.69, 9.17) is 0 Å². The molecule has 4 nitrogen and oxygen atoms in total. The first-order chi connectivity index (χ1) is 9.50. The van der Waals surface area contributed by atoms with Gasteiger partial charge in [0.1, 0.15) is 0 Å². The van der Waals surface area contributed by atoms with Gasteiger partial charge in [-0.05, 0) is 40.2 Å². The molecule has 2 fully saturated rings. The number of nitrogens with one attached hydrogen (secondary N) is 1. The third-order valence-corrected chi connectivity index (χ3v) is 5.08. The van der Waals surface area contributed by atoms with E-state index in [0.717, 1.165) is 38.8 Å². The van der Waals surface area contributed by atoms with Crippen LogP contribution >= 0.6 is 0 Å². The maximum atomic E-state index is 12.8. The molecule has 0 aromatic heterocycles. The van der Waals surface area contributed by atoms with Crippen LogP contribution in [0.5, 0.6) is 0 Å². The third kappa shape index (κ3) is 3.01. The SMILES string of the molecule is CCCC1NC2(CCCC2)C(=O)N1CCN(C)C(C)C. The Labute approximate surface area is 123 Å². The van der Waals surface area contributed by atoms with E-state index in [1.165, 1.54) is 12.8 Å². The van der Waals surface area contributed by atoms with Gasteiger partial charge in [0.2, 0.25) is 5.91 Å². The molecular formula is C16H31N3O. The van der Waals surface area contributed by atoms with Gasteiger partial charge in [0.25, 0.3) is 0 Å². The van der Waals surface area contributed by atoms with Crippen LogP contribution in [0.25, 0.3) is 0 Å². The van der Waals surface area contributed by atoms with Crippen molar-refractivity contribution in [2.24, 2.45) is 0 Å². The minimum atomic E-state index is -0.212. The predicted octanol–water partition coefficient (Wildman–Crippen LogP) is 2.20. The van der Waals surface area contributed by atoms with Crippen LogP contribution in [0.2, 0.25) is 0 Å². The number of hydrogen-bond acceptors (Lipinski definition) is 3. The van der Waals surface area contributed by atoms with Crippen molar-refractivity contribution in [2.75, 3.05) is 20.1 Å². The molecule has 1 N–H and O–H groups in total. The van der Waals surface area contributed by atoms with Crippen molar-refractivity contribution < 1.29 is 4.79 Å². The summed E-state index contributed by atoms with van der Waals surface area (Å²) in [6, 6.07) is 0.533. The largest absolute Gasteiger partial charge is 0.324 e. The molecule has 1 saturated heterocycles. The molecule has 116 valence electrons. The molecule has 4 heteroatoms. The van der Waals surface area contributed by atoms with Gasteiger partial charge in [0, 0.05) is 19.1 Å². The molecule has 1 saturated carbocycles. The molecule has 1 heterocycles. The van der Waals surface area contributed by atoms with Gasteiger partial charge in [-0.15, -0.1) is 0 Å². The van der Waals surface area contributed by atoms with Gasteiger partial charge in [-0.1, -0.05) is 26.2 Å². The van der Waals surface area contributed by atoms with Crippen LogP contribution in [0.4, 0.5) is 0 Å². The van der Waals surface area contributed by atoms with E-state index >= 15 is 0 Å². The van der Waals surface area contributed by atoms with Crippen LogP contribution in [-0.4, -0.2) is 53.6 Å². The van der Waals surface area contributed by atoms with Gasteiger partial charge in [-0.25, -0.2) is 0 Å². The van der Waals surface area contributed by atoms with Crippen molar-refractivity contribution in [3.05, 3.63) is 0 Å². The first-order valence-electron chi connectivity index (χ1n) is 8.29. The molecule has 20 heavy (non-hydrogen) atoms. The highest BCUT2D eigenvalue weighted by atomic mass is 16.2. The summed E-state index contributed by atoms with van der Waals surface area (Å²) in [5.74, 6) is 0.366. The second kappa shape index (κ2) is 6.44. The highest BCUT2D eigenvalue weighted by Crippen LogP contribution is 2.37. The molecule has 2 aliphatic rings. The predicted molar refractivity (Wildman–Crippen MR) is 82.5 cm³/mol. The maximum Gasteiger partial charge on any atom is 0.244 e. The van der Waals surface area contributed by atoms with Crippen LogP contribution in [0.1, 0.15) is 59.3 Å². The molecule has 1 amide bonds. The van der Waals surface area contributed by atoms with Crippen LogP contribution < -0.4 is 5.32 Å². The lowest BCUT2D eigenvalue weighted by Gasteiger charge is -2.28. The highest BCUT2D eigenvalue weighted by molar-refractivity contribution is 5.89. The summed E-state index contributed by atoms with van der Waals surface area (Å²) >= 11 is 0. The Balaban J connectivity index is 2.02. The van der Waals surface area contributed by atoms with Crippen LogP contribution in [-0.2, 0) is 4.79 Å². The molecule has 1 atom stereocenters. The van der Waals surface area contributed by atoms with E-state index in [1.807, 2.05) is 0 Å². The van der Waals surface area contributed by atoms with Crippen LogP contribution in [0.15, 0.2) is 0 Å². The van der Waals surface area contributed by atoms with E-state index in [9.17, 15) is 4.79 Å².